The van der Waals surface area contributed by atoms with Crippen molar-refractivity contribution in [1.29, 1.82) is 0 Å². The highest BCUT2D eigenvalue weighted by molar-refractivity contribution is 5.89. The van der Waals surface area contributed by atoms with Gasteiger partial charge in [0, 0.05) is 44.8 Å². The second-order valence-corrected chi connectivity index (χ2v) is 8.76. The molecular weight excluding hydrogens is 406 g/mol. The SMILES string of the molecule is CCCCN1C(NCCNC(C)=O)CC(C)NC1NC(=O)Nc1ccc2c(c1)CNCC2. The van der Waals surface area contributed by atoms with Gasteiger partial charge in [-0.15, -0.1) is 0 Å². The van der Waals surface area contributed by atoms with Crippen LogP contribution in [0.5, 0.6) is 0 Å². The first kappa shape index (κ1) is 24.4. The minimum atomic E-state index is -0.275. The lowest BCUT2D eigenvalue weighted by Gasteiger charge is -2.45. The minimum absolute atomic E-state index is 0.0255. The van der Waals surface area contributed by atoms with E-state index in [9.17, 15) is 9.59 Å². The van der Waals surface area contributed by atoms with Crippen LogP contribution in [0.15, 0.2) is 18.2 Å². The highest BCUT2D eigenvalue weighted by Crippen LogP contribution is 2.19. The molecule has 32 heavy (non-hydrogen) atoms. The van der Waals surface area contributed by atoms with Crippen molar-refractivity contribution in [3.63, 3.8) is 0 Å². The highest BCUT2D eigenvalue weighted by atomic mass is 16.2. The van der Waals surface area contributed by atoms with Crippen molar-refractivity contribution in [2.24, 2.45) is 0 Å². The number of carbonyl (C=O) groups is 2. The first-order valence-electron chi connectivity index (χ1n) is 11.9. The maximum absolute atomic E-state index is 12.8. The molecule has 3 atom stereocenters. The fourth-order valence-electron chi connectivity index (χ4n) is 4.36. The second kappa shape index (κ2) is 12.2. The Kier molecular flexibility index (Phi) is 9.28. The summed E-state index contributed by atoms with van der Waals surface area (Å²) in [4.78, 5) is 26.3. The van der Waals surface area contributed by atoms with Gasteiger partial charge in [-0.2, -0.15) is 0 Å². The summed E-state index contributed by atoms with van der Waals surface area (Å²) >= 11 is 0. The van der Waals surface area contributed by atoms with Crippen LogP contribution in [-0.2, 0) is 17.8 Å². The Morgan fingerprint density at radius 2 is 2.06 bits per heavy atom. The lowest BCUT2D eigenvalue weighted by atomic mass is 10.0. The summed E-state index contributed by atoms with van der Waals surface area (Å²) < 4.78 is 0. The van der Waals surface area contributed by atoms with Crippen LogP contribution in [0.4, 0.5) is 10.5 Å². The number of benzene rings is 1. The predicted octanol–water partition coefficient (Wildman–Crippen LogP) is 1.27. The van der Waals surface area contributed by atoms with Gasteiger partial charge in [0.2, 0.25) is 5.91 Å². The maximum atomic E-state index is 12.8. The van der Waals surface area contributed by atoms with Gasteiger partial charge < -0.3 is 21.3 Å². The lowest BCUT2D eigenvalue weighted by molar-refractivity contribution is -0.118. The molecule has 2 aliphatic heterocycles. The number of amides is 3. The van der Waals surface area contributed by atoms with Gasteiger partial charge in [0.05, 0.1) is 6.17 Å². The normalized spacial score (nSPS) is 23.3. The third-order valence-corrected chi connectivity index (χ3v) is 6.02. The smallest absolute Gasteiger partial charge is 0.321 e. The largest absolute Gasteiger partial charge is 0.355 e. The van der Waals surface area contributed by atoms with Crippen molar-refractivity contribution in [3.05, 3.63) is 29.3 Å². The van der Waals surface area contributed by atoms with E-state index < -0.39 is 0 Å². The monoisotopic (exact) mass is 445 g/mol. The van der Waals surface area contributed by atoms with Gasteiger partial charge in [0.25, 0.3) is 0 Å². The van der Waals surface area contributed by atoms with Crippen LogP contribution in [-0.4, -0.2) is 61.5 Å². The van der Waals surface area contributed by atoms with Gasteiger partial charge in [-0.25, -0.2) is 4.79 Å². The molecule has 1 aromatic rings. The lowest BCUT2D eigenvalue weighted by Crippen LogP contribution is -2.69. The summed E-state index contributed by atoms with van der Waals surface area (Å²) in [7, 11) is 0. The molecule has 2 heterocycles. The van der Waals surface area contributed by atoms with Crippen molar-refractivity contribution < 1.29 is 9.59 Å². The van der Waals surface area contributed by atoms with Crippen molar-refractivity contribution in [1.82, 2.24) is 31.5 Å². The van der Waals surface area contributed by atoms with Crippen LogP contribution in [0, 0.1) is 0 Å². The van der Waals surface area contributed by atoms with Crippen LogP contribution in [0.2, 0.25) is 0 Å². The molecule has 0 radical (unpaired) electrons. The van der Waals surface area contributed by atoms with E-state index in [0.717, 1.165) is 51.0 Å². The number of unbranched alkanes of at least 4 members (excludes halogenated alkanes) is 1. The maximum Gasteiger partial charge on any atom is 0.321 e. The van der Waals surface area contributed by atoms with Crippen LogP contribution in [0.3, 0.4) is 0 Å². The van der Waals surface area contributed by atoms with Crippen molar-refractivity contribution in [3.8, 4) is 0 Å². The Bertz CT molecular complexity index is 773. The van der Waals surface area contributed by atoms with Crippen molar-refractivity contribution >= 4 is 17.6 Å². The summed E-state index contributed by atoms with van der Waals surface area (Å²) in [5.74, 6) is -0.0255. The predicted molar refractivity (Wildman–Crippen MR) is 127 cm³/mol. The zero-order chi connectivity index (χ0) is 22.9. The van der Waals surface area contributed by atoms with Crippen molar-refractivity contribution in [2.75, 3.05) is 31.5 Å². The number of carbonyl (C=O) groups excluding carboxylic acids is 2. The number of nitrogens with one attached hydrogen (secondary N) is 6. The van der Waals surface area contributed by atoms with E-state index in [1.54, 1.807) is 0 Å². The zero-order valence-corrected chi connectivity index (χ0v) is 19.6. The quantitative estimate of drug-likeness (QED) is 0.320. The fraction of sp³-hybridized carbons (Fsp3) is 0.652. The molecule has 2 aliphatic rings. The summed E-state index contributed by atoms with van der Waals surface area (Å²) in [5.41, 5.74) is 3.39. The van der Waals surface area contributed by atoms with Gasteiger partial charge >= 0.3 is 6.03 Å². The highest BCUT2D eigenvalue weighted by Gasteiger charge is 2.33. The number of urea groups is 1. The Morgan fingerprint density at radius 1 is 1.22 bits per heavy atom. The summed E-state index contributed by atoms with van der Waals surface area (Å²) in [6.07, 6.45) is 3.90. The molecule has 0 saturated carbocycles. The molecule has 9 heteroatoms. The van der Waals surface area contributed by atoms with Crippen LogP contribution in [0.1, 0.15) is 51.2 Å². The molecular formula is C23H39N7O2. The number of hydrogen-bond acceptors (Lipinski definition) is 6. The average Bonchev–Trinajstić information content (AvgIpc) is 2.75. The Hall–Kier alpha value is -2.20. The first-order valence-corrected chi connectivity index (χ1v) is 11.9. The molecule has 6 N–H and O–H groups in total. The number of anilines is 1. The molecule has 0 aliphatic carbocycles. The first-order chi connectivity index (χ1) is 15.5. The molecule has 178 valence electrons. The van der Waals surface area contributed by atoms with Crippen LogP contribution >= 0.6 is 0 Å². The van der Waals surface area contributed by atoms with E-state index in [-0.39, 0.29) is 30.4 Å². The number of fused-ring (bicyclic) bond motifs is 1. The summed E-state index contributed by atoms with van der Waals surface area (Å²) in [6, 6.07) is 6.15. The summed E-state index contributed by atoms with van der Waals surface area (Å²) in [6.45, 7) is 9.79. The molecule has 1 saturated heterocycles. The van der Waals surface area contributed by atoms with Crippen LogP contribution < -0.4 is 31.9 Å². The van der Waals surface area contributed by atoms with Crippen LogP contribution in [0.25, 0.3) is 0 Å². The standard InChI is InChI=1S/C23H39N7O2/c1-4-5-12-30-21(26-11-10-25-17(3)31)13-16(2)27-22(30)29-23(32)28-20-7-6-18-8-9-24-15-19(18)14-20/h6-7,14,16,21-22,24,26-27H,4-5,8-13,15H2,1-3H3,(H,25,31)(H2,28,29,32). The fourth-order valence-corrected chi connectivity index (χ4v) is 4.36. The topological polar surface area (TPSA) is 110 Å². The Morgan fingerprint density at radius 3 is 2.84 bits per heavy atom. The number of hydrogen-bond donors (Lipinski definition) is 6. The van der Waals surface area contributed by atoms with E-state index in [0.29, 0.717) is 13.1 Å². The van der Waals surface area contributed by atoms with E-state index in [2.05, 4.69) is 62.8 Å². The third-order valence-electron chi connectivity index (χ3n) is 6.02. The molecule has 0 aromatic heterocycles. The van der Waals surface area contributed by atoms with Crippen molar-refractivity contribution in [2.45, 2.75) is 71.5 Å². The molecule has 3 rings (SSSR count). The summed E-state index contributed by atoms with van der Waals surface area (Å²) in [5, 5.41) is 19.4. The van der Waals surface area contributed by atoms with Gasteiger partial charge in [-0.3, -0.25) is 20.3 Å². The molecule has 0 bridgehead atoms. The van der Waals surface area contributed by atoms with Gasteiger partial charge in [-0.05, 0) is 56.0 Å². The van der Waals surface area contributed by atoms with Gasteiger partial charge in [0.15, 0.2) is 0 Å². The van der Waals surface area contributed by atoms with E-state index >= 15 is 0 Å². The zero-order valence-electron chi connectivity index (χ0n) is 19.6. The number of nitrogens with zero attached hydrogens (tertiary/aromatic N) is 1. The molecule has 3 amide bonds. The van der Waals surface area contributed by atoms with Gasteiger partial charge in [-0.1, -0.05) is 19.4 Å². The Balaban J connectivity index is 1.61. The average molecular weight is 446 g/mol. The minimum Gasteiger partial charge on any atom is -0.355 e. The molecule has 0 spiro atoms. The van der Waals surface area contributed by atoms with E-state index in [1.165, 1.54) is 18.1 Å². The third kappa shape index (κ3) is 7.16. The van der Waals surface area contributed by atoms with E-state index in [1.807, 2.05) is 6.07 Å². The second-order valence-electron chi connectivity index (χ2n) is 8.76. The van der Waals surface area contributed by atoms with Gasteiger partial charge in [0.1, 0.15) is 6.29 Å². The molecule has 9 nitrogen and oxygen atoms in total. The molecule has 3 unspecified atom stereocenters. The molecule has 1 aromatic carbocycles. The van der Waals surface area contributed by atoms with E-state index in [4.69, 9.17) is 0 Å². The molecule has 1 fully saturated rings. The Labute approximate surface area is 191 Å². The number of rotatable bonds is 9.